The lowest BCUT2D eigenvalue weighted by Gasteiger charge is -2.25. The van der Waals surface area contributed by atoms with E-state index in [1.54, 1.807) is 12.1 Å². The summed E-state index contributed by atoms with van der Waals surface area (Å²) in [6.07, 6.45) is 9.02. The molecule has 130 valence electrons. The summed E-state index contributed by atoms with van der Waals surface area (Å²) in [6.45, 7) is 1.63. The van der Waals surface area contributed by atoms with Gasteiger partial charge in [0.05, 0.1) is 23.1 Å². The van der Waals surface area contributed by atoms with Gasteiger partial charge in [-0.25, -0.2) is 9.98 Å². The van der Waals surface area contributed by atoms with E-state index in [1.807, 2.05) is 23.9 Å². The van der Waals surface area contributed by atoms with Gasteiger partial charge in [-0.1, -0.05) is 11.2 Å². The molecular weight excluding hydrogens is 340 g/mol. The third-order valence-corrected chi connectivity index (χ3v) is 5.56. The average Bonchev–Trinajstić information content (AvgIpc) is 3.14. The molecule has 8 heteroatoms. The number of nitrogens with zero attached hydrogens (tertiary/aromatic N) is 3. The summed E-state index contributed by atoms with van der Waals surface area (Å²) in [5.41, 5.74) is 1.42. The number of carbonyl (C=O) groups excluding carboxylic acids is 1. The standard InChI is InChI=1S/C17H18N4O3S/c22-17-13-2-1-11(18-15-5-8-24-21-15)9-14(13)19-16(20-17)10-25-12-3-6-23-7-4-12/h1-2,5,8-9,12-13H,3-4,6-7,10H2,(H,19,20,22). The normalized spacial score (nSPS) is 25.4. The monoisotopic (exact) mass is 358 g/mol. The maximum atomic E-state index is 12.3. The van der Waals surface area contributed by atoms with Crippen molar-refractivity contribution in [2.45, 2.75) is 18.1 Å². The van der Waals surface area contributed by atoms with Crippen molar-refractivity contribution in [1.82, 2.24) is 10.5 Å². The molecule has 4 rings (SSSR count). The Morgan fingerprint density at radius 2 is 2.24 bits per heavy atom. The number of rotatable bonds is 4. The lowest BCUT2D eigenvalue weighted by atomic mass is 9.96. The molecule has 7 nitrogen and oxygen atoms in total. The van der Waals surface area contributed by atoms with E-state index in [0.29, 0.717) is 28.4 Å². The number of thioether (sulfide) groups is 1. The van der Waals surface area contributed by atoms with E-state index in [9.17, 15) is 4.79 Å². The van der Waals surface area contributed by atoms with Gasteiger partial charge < -0.3 is 14.6 Å². The molecule has 1 fully saturated rings. The van der Waals surface area contributed by atoms with Crippen molar-refractivity contribution in [2.24, 2.45) is 15.9 Å². The van der Waals surface area contributed by atoms with Crippen molar-refractivity contribution < 1.29 is 14.1 Å². The highest BCUT2D eigenvalue weighted by Gasteiger charge is 2.29. The van der Waals surface area contributed by atoms with Gasteiger partial charge in [0.1, 0.15) is 12.1 Å². The highest BCUT2D eigenvalue weighted by Crippen LogP contribution is 2.26. The number of carbonyl (C=O) groups is 1. The minimum absolute atomic E-state index is 0.0411. The second kappa shape index (κ2) is 7.37. The van der Waals surface area contributed by atoms with Crippen molar-refractivity contribution in [3.63, 3.8) is 0 Å². The molecule has 2 aliphatic heterocycles. The van der Waals surface area contributed by atoms with Crippen LogP contribution in [-0.2, 0) is 9.53 Å². The Kier molecular flexibility index (Phi) is 4.80. The molecule has 1 aliphatic carbocycles. The minimum atomic E-state index is -0.354. The number of nitrogens with one attached hydrogen (secondary N) is 1. The quantitative estimate of drug-likeness (QED) is 0.892. The number of allylic oxidation sites excluding steroid dienone is 2. The van der Waals surface area contributed by atoms with E-state index in [1.165, 1.54) is 6.26 Å². The predicted molar refractivity (Wildman–Crippen MR) is 96.2 cm³/mol. The fourth-order valence-corrected chi connectivity index (χ4v) is 3.94. The van der Waals surface area contributed by atoms with Crippen LogP contribution in [0.2, 0.25) is 0 Å². The summed E-state index contributed by atoms with van der Waals surface area (Å²) in [5.74, 6) is 1.50. The summed E-state index contributed by atoms with van der Waals surface area (Å²) < 4.78 is 10.2. The summed E-state index contributed by atoms with van der Waals surface area (Å²) in [5, 5.41) is 7.25. The van der Waals surface area contributed by atoms with Gasteiger partial charge in [0.2, 0.25) is 5.91 Å². The molecule has 1 saturated heterocycles. The summed E-state index contributed by atoms with van der Waals surface area (Å²) in [6, 6.07) is 1.68. The molecule has 1 aromatic rings. The van der Waals surface area contributed by atoms with E-state index >= 15 is 0 Å². The van der Waals surface area contributed by atoms with Crippen LogP contribution in [0.4, 0.5) is 5.82 Å². The average molecular weight is 358 g/mol. The fourth-order valence-electron chi connectivity index (χ4n) is 2.88. The Hall–Kier alpha value is -2.19. The van der Waals surface area contributed by atoms with E-state index in [-0.39, 0.29) is 11.8 Å². The highest BCUT2D eigenvalue weighted by molar-refractivity contribution is 8.00. The molecule has 0 spiro atoms. The van der Waals surface area contributed by atoms with E-state index in [2.05, 4.69) is 20.5 Å². The maximum Gasteiger partial charge on any atom is 0.238 e. The molecule has 0 aromatic carbocycles. The number of fused-ring (bicyclic) bond motifs is 1. The predicted octanol–water partition coefficient (Wildman–Crippen LogP) is 2.26. The summed E-state index contributed by atoms with van der Waals surface area (Å²) >= 11 is 1.83. The number of amides is 1. The molecule has 25 heavy (non-hydrogen) atoms. The molecule has 1 unspecified atom stereocenters. The molecule has 1 N–H and O–H groups in total. The number of hydrogen-bond donors (Lipinski definition) is 1. The molecule has 1 amide bonds. The van der Waals surface area contributed by atoms with E-state index in [0.717, 1.165) is 31.8 Å². The van der Waals surface area contributed by atoms with Gasteiger partial charge >= 0.3 is 0 Å². The molecule has 3 heterocycles. The summed E-state index contributed by atoms with van der Waals surface area (Å²) in [4.78, 5) is 21.3. The van der Waals surface area contributed by atoms with Crippen molar-refractivity contribution in [2.75, 3.05) is 19.0 Å². The van der Waals surface area contributed by atoms with Crippen LogP contribution in [0.3, 0.4) is 0 Å². The zero-order valence-electron chi connectivity index (χ0n) is 13.6. The molecule has 3 aliphatic rings. The first-order valence-electron chi connectivity index (χ1n) is 8.24. The number of aromatic nitrogens is 1. The smallest absolute Gasteiger partial charge is 0.238 e. The lowest BCUT2D eigenvalue weighted by Crippen LogP contribution is -2.42. The zero-order valence-corrected chi connectivity index (χ0v) is 14.4. The van der Waals surface area contributed by atoms with Crippen LogP contribution in [0.5, 0.6) is 0 Å². The third kappa shape index (κ3) is 3.91. The van der Waals surface area contributed by atoms with Crippen LogP contribution in [0.1, 0.15) is 12.8 Å². The van der Waals surface area contributed by atoms with Crippen molar-refractivity contribution in [3.8, 4) is 0 Å². The largest absolute Gasteiger partial charge is 0.381 e. The summed E-state index contributed by atoms with van der Waals surface area (Å²) in [7, 11) is 0. The first kappa shape index (κ1) is 16.3. The SMILES string of the molecule is O=C1NC(CSC2CCOCC2)=NC2=CC(=Nc3ccon3)C=CC12. The first-order valence-corrected chi connectivity index (χ1v) is 9.29. The van der Waals surface area contributed by atoms with Gasteiger partial charge in [0.15, 0.2) is 5.82 Å². The van der Waals surface area contributed by atoms with Crippen LogP contribution in [0, 0.1) is 5.92 Å². The van der Waals surface area contributed by atoms with E-state index < -0.39 is 0 Å². The van der Waals surface area contributed by atoms with Crippen LogP contribution in [0.25, 0.3) is 0 Å². The number of amidine groups is 1. The first-order chi connectivity index (χ1) is 12.3. The molecule has 1 aromatic heterocycles. The van der Waals surface area contributed by atoms with Gasteiger partial charge in [0, 0.05) is 24.5 Å². The maximum absolute atomic E-state index is 12.3. The number of hydrogen-bond acceptors (Lipinski definition) is 7. The Labute approximate surface area is 149 Å². The molecule has 0 saturated carbocycles. The Morgan fingerprint density at radius 1 is 1.36 bits per heavy atom. The Bertz CT molecular complexity index is 761. The second-order valence-corrected chi connectivity index (χ2v) is 7.26. The number of aliphatic imine (C=N–C) groups is 2. The van der Waals surface area contributed by atoms with Gasteiger partial charge in [-0.2, -0.15) is 11.8 Å². The van der Waals surface area contributed by atoms with Gasteiger partial charge in [-0.15, -0.1) is 0 Å². The van der Waals surface area contributed by atoms with Crippen LogP contribution < -0.4 is 5.32 Å². The van der Waals surface area contributed by atoms with Crippen LogP contribution >= 0.6 is 11.8 Å². The third-order valence-electron chi connectivity index (χ3n) is 4.18. The second-order valence-electron chi connectivity index (χ2n) is 5.97. The topological polar surface area (TPSA) is 89.1 Å². The molecule has 0 radical (unpaired) electrons. The van der Waals surface area contributed by atoms with Crippen molar-refractivity contribution in [3.05, 3.63) is 36.3 Å². The van der Waals surface area contributed by atoms with Gasteiger partial charge in [-0.05, 0) is 25.0 Å². The molecular formula is C17H18N4O3S. The zero-order chi connectivity index (χ0) is 17.1. The minimum Gasteiger partial charge on any atom is -0.381 e. The van der Waals surface area contributed by atoms with Crippen LogP contribution in [-0.4, -0.2) is 46.8 Å². The van der Waals surface area contributed by atoms with Gasteiger partial charge in [0.25, 0.3) is 0 Å². The van der Waals surface area contributed by atoms with Crippen molar-refractivity contribution in [1.29, 1.82) is 0 Å². The highest BCUT2D eigenvalue weighted by atomic mass is 32.2. The number of ether oxygens (including phenoxy) is 1. The molecule has 1 atom stereocenters. The molecule has 0 bridgehead atoms. The van der Waals surface area contributed by atoms with Crippen LogP contribution in [0.15, 0.2) is 50.8 Å². The fraction of sp³-hybridized carbons (Fsp3) is 0.412. The van der Waals surface area contributed by atoms with Crippen molar-refractivity contribution >= 4 is 35.0 Å². The van der Waals surface area contributed by atoms with E-state index in [4.69, 9.17) is 9.26 Å². The lowest BCUT2D eigenvalue weighted by molar-refractivity contribution is -0.121. The Morgan fingerprint density at radius 3 is 3.04 bits per heavy atom. The van der Waals surface area contributed by atoms with Gasteiger partial charge in [-0.3, -0.25) is 4.79 Å². The Balaban J connectivity index is 1.48.